The van der Waals surface area contributed by atoms with E-state index in [1.165, 1.54) is 7.11 Å². The van der Waals surface area contributed by atoms with Crippen LogP contribution in [0, 0.1) is 0 Å². The summed E-state index contributed by atoms with van der Waals surface area (Å²) in [6, 6.07) is 3.35. The van der Waals surface area contributed by atoms with Gasteiger partial charge < -0.3 is 14.4 Å². The minimum atomic E-state index is -0.156. The number of hydrogen-bond donors (Lipinski definition) is 0. The van der Waals surface area contributed by atoms with Gasteiger partial charge in [-0.15, -0.1) is 0 Å². The predicted molar refractivity (Wildman–Crippen MR) is 88.5 cm³/mol. The van der Waals surface area contributed by atoms with Crippen LogP contribution in [0.5, 0.6) is 11.5 Å². The van der Waals surface area contributed by atoms with Crippen molar-refractivity contribution in [2.24, 2.45) is 0 Å². The Morgan fingerprint density at radius 2 is 1.91 bits per heavy atom. The lowest BCUT2D eigenvalue weighted by Gasteiger charge is -2.22. The molecule has 0 bridgehead atoms. The first-order chi connectivity index (χ1) is 11.2. The summed E-state index contributed by atoms with van der Waals surface area (Å²) >= 11 is 0. The molecule has 0 saturated heterocycles. The van der Waals surface area contributed by atoms with Crippen molar-refractivity contribution in [3.8, 4) is 11.5 Å². The zero-order chi connectivity index (χ0) is 16.8. The Kier molecular flexibility index (Phi) is 6.02. The Hall–Kier alpha value is -2.04. The number of nitrogens with zero attached hydrogens (tertiary/aromatic N) is 1. The molecule has 1 amide bonds. The van der Waals surface area contributed by atoms with E-state index in [1.54, 1.807) is 17.0 Å². The molecule has 23 heavy (non-hydrogen) atoms. The third-order valence-electron chi connectivity index (χ3n) is 4.37. The van der Waals surface area contributed by atoms with Crippen LogP contribution in [0.3, 0.4) is 0 Å². The van der Waals surface area contributed by atoms with Gasteiger partial charge in [0.2, 0.25) is 0 Å². The van der Waals surface area contributed by atoms with Crippen LogP contribution in [0.15, 0.2) is 12.1 Å². The molecule has 1 aromatic carbocycles. The molecule has 1 aliphatic rings. The van der Waals surface area contributed by atoms with E-state index in [0.29, 0.717) is 36.4 Å². The summed E-state index contributed by atoms with van der Waals surface area (Å²) in [6.07, 6.45) is 4.97. The van der Waals surface area contributed by atoms with Crippen LogP contribution in [-0.4, -0.2) is 43.4 Å². The van der Waals surface area contributed by atoms with Crippen molar-refractivity contribution in [1.82, 2.24) is 4.90 Å². The molecule has 0 spiro atoms. The summed E-state index contributed by atoms with van der Waals surface area (Å²) in [6.45, 7) is 5.03. The summed E-state index contributed by atoms with van der Waals surface area (Å²) in [5, 5.41) is 0. The molecule has 1 saturated carbocycles. The van der Waals surface area contributed by atoms with Gasteiger partial charge in [0.1, 0.15) is 0 Å². The van der Waals surface area contributed by atoms with Crippen molar-refractivity contribution < 1.29 is 19.1 Å². The monoisotopic (exact) mass is 319 g/mol. The second-order valence-corrected chi connectivity index (χ2v) is 5.68. The highest BCUT2D eigenvalue weighted by molar-refractivity contribution is 6.03. The van der Waals surface area contributed by atoms with Gasteiger partial charge in [-0.2, -0.15) is 0 Å². The van der Waals surface area contributed by atoms with Crippen molar-refractivity contribution in [2.75, 3.05) is 20.2 Å². The van der Waals surface area contributed by atoms with E-state index in [1.807, 2.05) is 13.8 Å². The van der Waals surface area contributed by atoms with Gasteiger partial charge in [-0.3, -0.25) is 9.59 Å². The van der Waals surface area contributed by atoms with Crippen LogP contribution in [0.1, 0.15) is 60.2 Å². The molecule has 0 N–H and O–H groups in total. The summed E-state index contributed by atoms with van der Waals surface area (Å²) in [5.41, 5.74) is 0.658. The largest absolute Gasteiger partial charge is 0.493 e. The SMILES string of the molecule is CCN(CC)C(=O)c1ccc(OC)c(OC2CCCC2)c1C=O. The van der Waals surface area contributed by atoms with Crippen molar-refractivity contribution in [3.63, 3.8) is 0 Å². The lowest BCUT2D eigenvalue weighted by atomic mass is 10.0. The number of rotatable bonds is 7. The van der Waals surface area contributed by atoms with E-state index in [9.17, 15) is 9.59 Å². The maximum atomic E-state index is 12.6. The molecule has 0 radical (unpaired) electrons. The maximum absolute atomic E-state index is 12.6. The van der Waals surface area contributed by atoms with E-state index in [-0.39, 0.29) is 17.6 Å². The van der Waals surface area contributed by atoms with E-state index in [4.69, 9.17) is 9.47 Å². The Labute approximate surface area is 137 Å². The first-order valence-electron chi connectivity index (χ1n) is 8.28. The molecule has 2 rings (SSSR count). The normalized spacial score (nSPS) is 14.6. The number of aldehydes is 1. The van der Waals surface area contributed by atoms with Crippen LogP contribution in [-0.2, 0) is 0 Å². The van der Waals surface area contributed by atoms with Crippen LogP contribution in [0.4, 0.5) is 0 Å². The highest BCUT2D eigenvalue weighted by Crippen LogP contribution is 2.36. The van der Waals surface area contributed by atoms with Crippen LogP contribution in [0.2, 0.25) is 0 Å². The fourth-order valence-corrected chi connectivity index (χ4v) is 3.02. The molecule has 0 heterocycles. The van der Waals surface area contributed by atoms with Crippen molar-refractivity contribution >= 4 is 12.2 Å². The fraction of sp³-hybridized carbons (Fsp3) is 0.556. The van der Waals surface area contributed by atoms with E-state index < -0.39 is 0 Å². The van der Waals surface area contributed by atoms with Gasteiger partial charge in [0, 0.05) is 13.1 Å². The van der Waals surface area contributed by atoms with Crippen molar-refractivity contribution in [1.29, 1.82) is 0 Å². The highest BCUT2D eigenvalue weighted by Gasteiger charge is 2.25. The van der Waals surface area contributed by atoms with Gasteiger partial charge in [0.25, 0.3) is 5.91 Å². The minimum Gasteiger partial charge on any atom is -0.493 e. The molecular formula is C18H25NO4. The van der Waals surface area contributed by atoms with Gasteiger partial charge in [-0.05, 0) is 51.7 Å². The Bertz CT molecular complexity index is 560. The first-order valence-corrected chi connectivity index (χ1v) is 8.28. The number of benzene rings is 1. The van der Waals surface area contributed by atoms with Gasteiger partial charge in [-0.25, -0.2) is 0 Å². The number of carbonyl (C=O) groups is 2. The molecule has 0 aliphatic heterocycles. The number of hydrogen-bond acceptors (Lipinski definition) is 4. The van der Waals surface area contributed by atoms with Crippen LogP contribution >= 0.6 is 0 Å². The summed E-state index contributed by atoms with van der Waals surface area (Å²) in [5.74, 6) is 0.735. The zero-order valence-corrected chi connectivity index (χ0v) is 14.1. The average molecular weight is 319 g/mol. The molecule has 0 aromatic heterocycles. The number of methoxy groups -OCH3 is 1. The standard InChI is InChI=1S/C18H25NO4/c1-4-19(5-2)18(21)14-10-11-16(22-3)17(15(14)12-20)23-13-8-6-7-9-13/h10-13H,4-9H2,1-3H3. The Morgan fingerprint density at radius 1 is 1.26 bits per heavy atom. The molecule has 1 fully saturated rings. The van der Waals surface area contributed by atoms with Crippen LogP contribution < -0.4 is 9.47 Å². The number of ether oxygens (including phenoxy) is 2. The lowest BCUT2D eigenvalue weighted by molar-refractivity contribution is 0.0768. The van der Waals surface area contributed by atoms with Gasteiger partial charge in [-0.1, -0.05) is 0 Å². The second-order valence-electron chi connectivity index (χ2n) is 5.68. The summed E-state index contributed by atoms with van der Waals surface area (Å²) in [7, 11) is 1.54. The Morgan fingerprint density at radius 3 is 2.43 bits per heavy atom. The maximum Gasteiger partial charge on any atom is 0.254 e. The fourth-order valence-electron chi connectivity index (χ4n) is 3.02. The predicted octanol–water partition coefficient (Wildman–Crippen LogP) is 3.31. The summed E-state index contributed by atoms with van der Waals surface area (Å²) < 4.78 is 11.4. The first kappa shape index (κ1) is 17.3. The van der Waals surface area contributed by atoms with Crippen molar-refractivity contribution in [3.05, 3.63) is 23.3 Å². The smallest absolute Gasteiger partial charge is 0.254 e. The number of amides is 1. The van der Waals surface area contributed by atoms with E-state index in [0.717, 1.165) is 25.7 Å². The molecular weight excluding hydrogens is 294 g/mol. The van der Waals surface area contributed by atoms with Gasteiger partial charge in [0.15, 0.2) is 17.8 Å². The molecule has 0 unspecified atom stereocenters. The third-order valence-corrected chi connectivity index (χ3v) is 4.37. The highest BCUT2D eigenvalue weighted by atomic mass is 16.5. The Balaban J connectivity index is 2.43. The van der Waals surface area contributed by atoms with Crippen molar-refractivity contribution in [2.45, 2.75) is 45.6 Å². The number of carbonyl (C=O) groups excluding carboxylic acids is 2. The third kappa shape index (κ3) is 3.66. The molecule has 5 heteroatoms. The molecule has 1 aliphatic carbocycles. The molecule has 126 valence electrons. The van der Waals surface area contributed by atoms with E-state index in [2.05, 4.69) is 0 Å². The van der Waals surface area contributed by atoms with Gasteiger partial charge >= 0.3 is 0 Å². The lowest BCUT2D eigenvalue weighted by Crippen LogP contribution is -2.31. The quantitative estimate of drug-likeness (QED) is 0.724. The van der Waals surface area contributed by atoms with E-state index >= 15 is 0 Å². The van der Waals surface area contributed by atoms with Gasteiger partial charge in [0.05, 0.1) is 24.3 Å². The van der Waals surface area contributed by atoms with Crippen LogP contribution in [0.25, 0.3) is 0 Å². The minimum absolute atomic E-state index is 0.0846. The average Bonchev–Trinajstić information content (AvgIpc) is 3.08. The summed E-state index contributed by atoms with van der Waals surface area (Å²) in [4.78, 5) is 26.0. The zero-order valence-electron chi connectivity index (χ0n) is 14.1. The molecule has 1 aromatic rings. The molecule has 5 nitrogen and oxygen atoms in total. The molecule has 0 atom stereocenters. The topological polar surface area (TPSA) is 55.8 Å². The second kappa shape index (κ2) is 7.99.